The van der Waals surface area contributed by atoms with E-state index in [1.54, 1.807) is 18.4 Å². The van der Waals surface area contributed by atoms with Crippen molar-refractivity contribution in [2.75, 3.05) is 7.11 Å². The van der Waals surface area contributed by atoms with E-state index in [-0.39, 0.29) is 6.61 Å². The van der Waals surface area contributed by atoms with Gasteiger partial charge in [0.25, 0.3) is 0 Å². The number of ether oxygens (including phenoxy) is 1. The van der Waals surface area contributed by atoms with Gasteiger partial charge >= 0.3 is 0 Å². The van der Waals surface area contributed by atoms with Gasteiger partial charge in [0.05, 0.1) is 29.3 Å². The number of aliphatic hydroxyl groups excluding tert-OH is 1. The Bertz CT molecular complexity index is 491. The SMILES string of the molecule is COc1ccc(Cc2nc(C)c(CO)s2)cc1. The normalized spacial score (nSPS) is 10.5. The lowest BCUT2D eigenvalue weighted by Gasteiger charge is -2.01. The molecule has 0 unspecified atom stereocenters. The van der Waals surface area contributed by atoms with Crippen LogP contribution in [0.4, 0.5) is 0 Å². The van der Waals surface area contributed by atoms with Crippen LogP contribution in [0.1, 0.15) is 21.1 Å². The van der Waals surface area contributed by atoms with Crippen molar-refractivity contribution in [1.82, 2.24) is 4.98 Å². The highest BCUT2D eigenvalue weighted by Gasteiger charge is 2.07. The van der Waals surface area contributed by atoms with E-state index < -0.39 is 0 Å². The highest BCUT2D eigenvalue weighted by atomic mass is 32.1. The maximum absolute atomic E-state index is 9.12. The third-order valence-corrected chi connectivity index (χ3v) is 3.74. The predicted molar refractivity (Wildman–Crippen MR) is 68.6 cm³/mol. The molecule has 4 heteroatoms. The van der Waals surface area contributed by atoms with Crippen LogP contribution >= 0.6 is 11.3 Å². The maximum Gasteiger partial charge on any atom is 0.118 e. The number of aliphatic hydroxyl groups is 1. The fourth-order valence-corrected chi connectivity index (χ4v) is 2.59. The summed E-state index contributed by atoms with van der Waals surface area (Å²) in [6, 6.07) is 7.97. The first-order chi connectivity index (χ1) is 8.22. The van der Waals surface area contributed by atoms with Gasteiger partial charge in [-0.3, -0.25) is 0 Å². The Kier molecular flexibility index (Phi) is 3.76. The molecule has 3 nitrogen and oxygen atoms in total. The van der Waals surface area contributed by atoms with E-state index in [2.05, 4.69) is 4.98 Å². The van der Waals surface area contributed by atoms with E-state index in [1.165, 1.54) is 5.56 Å². The molecule has 1 aromatic heterocycles. The summed E-state index contributed by atoms with van der Waals surface area (Å²) in [6.07, 6.45) is 0.801. The first-order valence-corrected chi connectivity index (χ1v) is 6.23. The van der Waals surface area contributed by atoms with Gasteiger partial charge in [-0.1, -0.05) is 12.1 Å². The van der Waals surface area contributed by atoms with Gasteiger partial charge in [-0.2, -0.15) is 0 Å². The molecule has 0 bridgehead atoms. The molecule has 0 saturated heterocycles. The van der Waals surface area contributed by atoms with Crippen molar-refractivity contribution in [2.45, 2.75) is 20.0 Å². The van der Waals surface area contributed by atoms with Crippen molar-refractivity contribution in [3.8, 4) is 5.75 Å². The number of rotatable bonds is 4. The molecule has 0 aliphatic carbocycles. The van der Waals surface area contributed by atoms with E-state index >= 15 is 0 Å². The monoisotopic (exact) mass is 249 g/mol. The van der Waals surface area contributed by atoms with E-state index in [4.69, 9.17) is 9.84 Å². The van der Waals surface area contributed by atoms with Gasteiger partial charge in [-0.25, -0.2) is 4.98 Å². The Morgan fingerprint density at radius 2 is 2.00 bits per heavy atom. The van der Waals surface area contributed by atoms with Crippen molar-refractivity contribution in [3.05, 3.63) is 45.4 Å². The fraction of sp³-hybridized carbons (Fsp3) is 0.308. The number of hydrogen-bond donors (Lipinski definition) is 1. The van der Waals surface area contributed by atoms with Crippen LogP contribution in [-0.4, -0.2) is 17.2 Å². The average Bonchev–Trinajstić information content (AvgIpc) is 2.70. The van der Waals surface area contributed by atoms with Gasteiger partial charge < -0.3 is 9.84 Å². The van der Waals surface area contributed by atoms with Crippen molar-refractivity contribution in [2.24, 2.45) is 0 Å². The quantitative estimate of drug-likeness (QED) is 0.905. The van der Waals surface area contributed by atoms with Gasteiger partial charge in [0.2, 0.25) is 0 Å². The summed E-state index contributed by atoms with van der Waals surface area (Å²) in [6.45, 7) is 2.01. The molecular weight excluding hydrogens is 234 g/mol. The van der Waals surface area contributed by atoms with Gasteiger partial charge in [-0.15, -0.1) is 11.3 Å². The highest BCUT2D eigenvalue weighted by molar-refractivity contribution is 7.11. The minimum absolute atomic E-state index is 0.0755. The lowest BCUT2D eigenvalue weighted by Crippen LogP contribution is -1.88. The Morgan fingerprint density at radius 3 is 2.53 bits per heavy atom. The van der Waals surface area contributed by atoms with Crippen molar-refractivity contribution in [1.29, 1.82) is 0 Å². The predicted octanol–water partition coefficient (Wildman–Crippen LogP) is 2.54. The molecule has 1 aromatic carbocycles. The largest absolute Gasteiger partial charge is 0.497 e. The Balaban J connectivity index is 2.13. The fourth-order valence-electron chi connectivity index (χ4n) is 1.63. The highest BCUT2D eigenvalue weighted by Crippen LogP contribution is 2.21. The zero-order valence-corrected chi connectivity index (χ0v) is 10.8. The summed E-state index contributed by atoms with van der Waals surface area (Å²) in [4.78, 5) is 5.40. The third-order valence-electron chi connectivity index (χ3n) is 2.59. The third kappa shape index (κ3) is 2.84. The average molecular weight is 249 g/mol. The second kappa shape index (κ2) is 5.29. The molecule has 0 amide bonds. The van der Waals surface area contributed by atoms with Gasteiger partial charge in [0, 0.05) is 6.42 Å². The molecule has 1 N–H and O–H groups in total. The second-order valence-electron chi connectivity index (χ2n) is 3.80. The van der Waals surface area contributed by atoms with E-state index in [0.29, 0.717) is 0 Å². The molecule has 0 aliphatic heterocycles. The topological polar surface area (TPSA) is 42.4 Å². The minimum Gasteiger partial charge on any atom is -0.497 e. The number of benzene rings is 1. The van der Waals surface area contributed by atoms with E-state index in [1.807, 2.05) is 31.2 Å². The first kappa shape index (κ1) is 12.1. The molecule has 17 heavy (non-hydrogen) atoms. The van der Waals surface area contributed by atoms with Crippen LogP contribution in [0.2, 0.25) is 0 Å². The molecule has 0 aliphatic rings. The summed E-state index contributed by atoms with van der Waals surface area (Å²) < 4.78 is 5.11. The van der Waals surface area contributed by atoms with Crippen LogP contribution in [0.15, 0.2) is 24.3 Å². The van der Waals surface area contributed by atoms with Crippen LogP contribution < -0.4 is 4.74 Å². The smallest absolute Gasteiger partial charge is 0.118 e. The molecular formula is C13H15NO2S. The zero-order chi connectivity index (χ0) is 12.3. The molecule has 0 saturated carbocycles. The van der Waals surface area contributed by atoms with Crippen LogP contribution in [-0.2, 0) is 13.0 Å². The van der Waals surface area contributed by atoms with Crippen LogP contribution in [0, 0.1) is 6.92 Å². The van der Waals surface area contributed by atoms with Crippen LogP contribution in [0.25, 0.3) is 0 Å². The van der Waals surface area contributed by atoms with Crippen LogP contribution in [0.3, 0.4) is 0 Å². The summed E-state index contributed by atoms with van der Waals surface area (Å²) in [5.41, 5.74) is 2.13. The summed E-state index contributed by atoms with van der Waals surface area (Å²) in [5.74, 6) is 0.861. The van der Waals surface area contributed by atoms with Crippen molar-refractivity contribution >= 4 is 11.3 Å². The Labute approximate surface area is 105 Å². The summed E-state index contributed by atoms with van der Waals surface area (Å²) in [5, 5.41) is 10.2. The number of aryl methyl sites for hydroxylation is 1. The lowest BCUT2D eigenvalue weighted by atomic mass is 10.1. The summed E-state index contributed by atoms with van der Waals surface area (Å²) in [7, 11) is 1.66. The lowest BCUT2D eigenvalue weighted by molar-refractivity contribution is 0.284. The number of nitrogens with zero attached hydrogens (tertiary/aromatic N) is 1. The van der Waals surface area contributed by atoms with Gasteiger partial charge in [-0.05, 0) is 24.6 Å². The molecule has 2 aromatic rings. The van der Waals surface area contributed by atoms with Gasteiger partial charge in [0.1, 0.15) is 5.75 Å². The maximum atomic E-state index is 9.12. The summed E-state index contributed by atoms with van der Waals surface area (Å²) >= 11 is 1.57. The molecule has 90 valence electrons. The Morgan fingerprint density at radius 1 is 1.29 bits per heavy atom. The number of aromatic nitrogens is 1. The Hall–Kier alpha value is -1.39. The molecule has 2 rings (SSSR count). The zero-order valence-electron chi connectivity index (χ0n) is 9.93. The van der Waals surface area contributed by atoms with Crippen molar-refractivity contribution < 1.29 is 9.84 Å². The number of methoxy groups -OCH3 is 1. The van der Waals surface area contributed by atoms with Gasteiger partial charge in [0.15, 0.2) is 0 Å². The number of thiazole rings is 1. The number of hydrogen-bond acceptors (Lipinski definition) is 4. The molecule has 0 radical (unpaired) electrons. The molecule has 0 spiro atoms. The standard InChI is InChI=1S/C13H15NO2S/c1-9-12(8-15)17-13(14-9)7-10-3-5-11(16-2)6-4-10/h3-6,15H,7-8H2,1-2H3. The molecule has 1 heterocycles. The van der Waals surface area contributed by atoms with Crippen molar-refractivity contribution in [3.63, 3.8) is 0 Å². The first-order valence-electron chi connectivity index (χ1n) is 5.42. The van der Waals surface area contributed by atoms with E-state index in [9.17, 15) is 0 Å². The molecule has 0 atom stereocenters. The minimum atomic E-state index is 0.0755. The van der Waals surface area contributed by atoms with Crippen LogP contribution in [0.5, 0.6) is 5.75 Å². The molecule has 0 fully saturated rings. The second-order valence-corrected chi connectivity index (χ2v) is 4.97. The van der Waals surface area contributed by atoms with E-state index in [0.717, 1.165) is 27.7 Å².